The fourth-order valence-corrected chi connectivity index (χ4v) is 1.51. The van der Waals surface area contributed by atoms with Crippen molar-refractivity contribution in [2.75, 3.05) is 6.61 Å². The number of benzene rings is 1. The molecule has 1 aromatic rings. The summed E-state index contributed by atoms with van der Waals surface area (Å²) in [5, 5.41) is 9.29. The average molecular weight is 237 g/mol. The van der Waals surface area contributed by atoms with Crippen molar-refractivity contribution in [1.29, 1.82) is 5.26 Å². The molecule has 1 radical (unpaired) electrons. The highest BCUT2D eigenvalue weighted by atomic mass is 35.5. The predicted octanol–water partition coefficient (Wildman–Crippen LogP) is 2.16. The normalized spacial score (nSPS) is 11.8. The van der Waals surface area contributed by atoms with Crippen LogP contribution in [0.2, 0.25) is 5.02 Å². The molecule has 1 atom stereocenters. The molecule has 0 spiro atoms. The fraction of sp³-hybridized carbons (Fsp3) is 0.333. The molecule has 0 aliphatic carbocycles. The second-order valence-corrected chi connectivity index (χ2v) is 3.57. The number of hydrogen-bond donors (Lipinski definition) is 0. The topological polar surface area (TPSA) is 50.1 Å². The molecule has 1 unspecified atom stereocenters. The molecular weight excluding hydrogens is 226 g/mol. The molecule has 4 heteroatoms. The molecule has 16 heavy (non-hydrogen) atoms. The van der Waals surface area contributed by atoms with Crippen LogP contribution in [-0.4, -0.2) is 19.0 Å². The van der Waals surface area contributed by atoms with Crippen molar-refractivity contribution in [2.24, 2.45) is 0 Å². The number of carbonyl (C=O) groups excluding carboxylic acids is 1. The largest absolute Gasteiger partial charge is 0.371 e. The minimum atomic E-state index is -0.522. The number of rotatable bonds is 5. The zero-order valence-electron chi connectivity index (χ0n) is 8.87. The maximum Gasteiger partial charge on any atom is 0.149 e. The first kappa shape index (κ1) is 12.7. The van der Waals surface area contributed by atoms with E-state index in [4.69, 9.17) is 21.6 Å². The average Bonchev–Trinajstić information content (AvgIpc) is 2.30. The van der Waals surface area contributed by atoms with E-state index in [-0.39, 0.29) is 0 Å². The van der Waals surface area contributed by atoms with Crippen molar-refractivity contribution in [3.8, 4) is 6.07 Å². The van der Waals surface area contributed by atoms with Gasteiger partial charge in [-0.15, -0.1) is 0 Å². The Labute approximate surface area is 99.6 Å². The summed E-state index contributed by atoms with van der Waals surface area (Å²) < 4.78 is 5.20. The Morgan fingerprint density at radius 2 is 2.50 bits per heavy atom. The number of nitrogens with zero attached hydrogens (tertiary/aromatic N) is 1. The van der Waals surface area contributed by atoms with E-state index < -0.39 is 6.10 Å². The Kier molecular flexibility index (Phi) is 4.97. The summed E-state index contributed by atoms with van der Waals surface area (Å²) in [5.74, 6) is 0. The van der Waals surface area contributed by atoms with Crippen molar-refractivity contribution >= 4 is 17.9 Å². The zero-order valence-corrected chi connectivity index (χ0v) is 9.62. The van der Waals surface area contributed by atoms with Gasteiger partial charge >= 0.3 is 0 Å². The molecule has 0 amide bonds. The summed E-state index contributed by atoms with van der Waals surface area (Å²) in [6, 6.07) is 7.97. The van der Waals surface area contributed by atoms with Gasteiger partial charge in [0.05, 0.1) is 11.6 Å². The number of halogens is 1. The monoisotopic (exact) mass is 236 g/mol. The molecule has 0 saturated heterocycles. The van der Waals surface area contributed by atoms with Crippen LogP contribution >= 0.6 is 11.6 Å². The molecule has 3 nitrogen and oxygen atoms in total. The van der Waals surface area contributed by atoms with Crippen molar-refractivity contribution in [1.82, 2.24) is 0 Å². The summed E-state index contributed by atoms with van der Waals surface area (Å²) in [6.45, 7) is 2.28. The smallest absolute Gasteiger partial charge is 0.149 e. The lowest BCUT2D eigenvalue weighted by Gasteiger charge is -2.11. The molecular formula is C12H11ClNO2. The molecule has 0 aliphatic heterocycles. The molecule has 0 N–H and O–H groups in total. The molecule has 0 fully saturated rings. The first-order chi connectivity index (χ1) is 7.71. The van der Waals surface area contributed by atoms with E-state index in [0.717, 1.165) is 11.8 Å². The van der Waals surface area contributed by atoms with Crippen LogP contribution in [0.4, 0.5) is 0 Å². The fourth-order valence-electron chi connectivity index (χ4n) is 1.35. The lowest BCUT2D eigenvalue weighted by Crippen LogP contribution is -2.18. The molecule has 83 valence electrons. The lowest BCUT2D eigenvalue weighted by atomic mass is 10.0. The van der Waals surface area contributed by atoms with Gasteiger partial charge in [-0.05, 0) is 24.6 Å². The number of carbonyl (C=O) groups is 1. The maximum atomic E-state index is 10.7. The first-order valence-corrected chi connectivity index (χ1v) is 5.26. The number of hydrogen-bond acceptors (Lipinski definition) is 3. The van der Waals surface area contributed by atoms with E-state index in [0.29, 0.717) is 23.6 Å². The highest BCUT2D eigenvalue weighted by Crippen LogP contribution is 2.16. The Hall–Kier alpha value is -1.37. The van der Waals surface area contributed by atoms with Crippen LogP contribution in [-0.2, 0) is 16.0 Å². The van der Waals surface area contributed by atoms with Gasteiger partial charge in [0.15, 0.2) is 0 Å². The highest BCUT2D eigenvalue weighted by Gasteiger charge is 2.11. The maximum absolute atomic E-state index is 10.7. The Morgan fingerprint density at radius 1 is 1.75 bits per heavy atom. The molecule has 0 heterocycles. The van der Waals surface area contributed by atoms with E-state index in [1.54, 1.807) is 6.07 Å². The Bertz CT molecular complexity index is 412. The summed E-state index contributed by atoms with van der Waals surface area (Å²) in [6.07, 6.45) is 0.583. The van der Waals surface area contributed by atoms with Crippen LogP contribution in [0, 0.1) is 17.4 Å². The van der Waals surface area contributed by atoms with Crippen LogP contribution in [0.15, 0.2) is 12.1 Å². The van der Waals surface area contributed by atoms with Gasteiger partial charge in [0.25, 0.3) is 0 Å². The van der Waals surface area contributed by atoms with Crippen LogP contribution in [0.25, 0.3) is 0 Å². The molecule has 1 rings (SSSR count). The van der Waals surface area contributed by atoms with E-state index in [2.05, 4.69) is 6.07 Å². The van der Waals surface area contributed by atoms with Crippen molar-refractivity contribution < 1.29 is 9.53 Å². The quantitative estimate of drug-likeness (QED) is 0.736. The highest BCUT2D eigenvalue weighted by molar-refractivity contribution is 6.30. The number of aldehydes is 1. The van der Waals surface area contributed by atoms with Crippen molar-refractivity contribution in [2.45, 2.75) is 19.4 Å². The third-order valence-corrected chi connectivity index (χ3v) is 2.29. The summed E-state index contributed by atoms with van der Waals surface area (Å²) in [4.78, 5) is 10.7. The summed E-state index contributed by atoms with van der Waals surface area (Å²) in [5.41, 5.74) is 1.17. The van der Waals surface area contributed by atoms with E-state index in [1.807, 2.05) is 13.0 Å². The molecule has 0 aliphatic rings. The second-order valence-electron chi connectivity index (χ2n) is 3.17. The number of nitriles is 1. The van der Waals surface area contributed by atoms with Gasteiger partial charge in [0.1, 0.15) is 12.4 Å². The third kappa shape index (κ3) is 3.34. The van der Waals surface area contributed by atoms with Gasteiger partial charge in [-0.25, -0.2) is 0 Å². The standard InChI is InChI=1S/C12H11ClNO2/c1-2-16-12(8-15)6-9-3-4-11(13)5-10(9)7-14/h3,5,8,12H,2,6H2,1H3. The Balaban J connectivity index is 2.88. The van der Waals surface area contributed by atoms with Crippen LogP contribution in [0.5, 0.6) is 0 Å². The second kappa shape index (κ2) is 6.26. The minimum absolute atomic E-state index is 0.369. The van der Waals surface area contributed by atoms with Crippen molar-refractivity contribution in [3.05, 3.63) is 34.3 Å². The Morgan fingerprint density at radius 3 is 3.06 bits per heavy atom. The van der Waals surface area contributed by atoms with Gasteiger partial charge in [-0.1, -0.05) is 11.6 Å². The minimum Gasteiger partial charge on any atom is -0.371 e. The number of ether oxygens (including phenoxy) is 1. The molecule has 0 aromatic heterocycles. The van der Waals surface area contributed by atoms with Gasteiger partial charge in [0, 0.05) is 24.1 Å². The molecule has 1 aromatic carbocycles. The van der Waals surface area contributed by atoms with E-state index in [1.165, 1.54) is 6.07 Å². The SMILES string of the molecule is CCOC(C=O)Cc1c[c]c(Cl)cc1C#N. The summed E-state index contributed by atoms with van der Waals surface area (Å²) >= 11 is 5.72. The van der Waals surface area contributed by atoms with Gasteiger partial charge in [-0.2, -0.15) is 5.26 Å². The first-order valence-electron chi connectivity index (χ1n) is 4.88. The van der Waals surface area contributed by atoms with Crippen LogP contribution in [0.3, 0.4) is 0 Å². The predicted molar refractivity (Wildman–Crippen MR) is 60.2 cm³/mol. The van der Waals surface area contributed by atoms with E-state index in [9.17, 15) is 4.79 Å². The van der Waals surface area contributed by atoms with Gasteiger partial charge in [0.2, 0.25) is 0 Å². The van der Waals surface area contributed by atoms with Crippen molar-refractivity contribution in [3.63, 3.8) is 0 Å². The molecule has 0 bridgehead atoms. The molecule has 0 saturated carbocycles. The van der Waals surface area contributed by atoms with Crippen LogP contribution in [0.1, 0.15) is 18.1 Å². The van der Waals surface area contributed by atoms with E-state index >= 15 is 0 Å². The summed E-state index contributed by atoms with van der Waals surface area (Å²) in [7, 11) is 0. The van der Waals surface area contributed by atoms with Gasteiger partial charge in [-0.3, -0.25) is 0 Å². The lowest BCUT2D eigenvalue weighted by molar-refractivity contribution is -0.117. The zero-order chi connectivity index (χ0) is 12.0. The van der Waals surface area contributed by atoms with Gasteiger partial charge < -0.3 is 9.53 Å². The van der Waals surface area contributed by atoms with Crippen LogP contribution < -0.4 is 0 Å². The third-order valence-electron chi connectivity index (χ3n) is 2.08.